The van der Waals surface area contributed by atoms with E-state index in [1.54, 1.807) is 0 Å². The highest BCUT2D eigenvalue weighted by molar-refractivity contribution is 5.95. The summed E-state index contributed by atoms with van der Waals surface area (Å²) in [6.45, 7) is 6.94. The monoisotopic (exact) mass is 505 g/mol. The number of nitrogen functional groups attached to an aromatic ring is 1. The Morgan fingerprint density at radius 3 is 2.32 bits per heavy atom. The summed E-state index contributed by atoms with van der Waals surface area (Å²) in [6, 6.07) is 15.1. The molecule has 7 heteroatoms. The van der Waals surface area contributed by atoms with E-state index in [1.807, 2.05) is 48.5 Å². The molecule has 198 valence electrons. The zero-order valence-electron chi connectivity index (χ0n) is 22.0. The molecular weight excluding hydrogens is 466 g/mol. The number of nitrogens with one attached hydrogen (secondary N) is 2. The lowest BCUT2D eigenvalue weighted by Gasteiger charge is -2.36. The number of amidine groups is 1. The molecule has 1 aliphatic heterocycles. The van der Waals surface area contributed by atoms with Crippen LogP contribution in [0.3, 0.4) is 0 Å². The normalized spacial score (nSPS) is 25.5. The van der Waals surface area contributed by atoms with Crippen LogP contribution >= 0.6 is 0 Å². The summed E-state index contributed by atoms with van der Waals surface area (Å²) in [7, 11) is 0. The summed E-state index contributed by atoms with van der Waals surface area (Å²) in [5.74, 6) is 1.45. The van der Waals surface area contributed by atoms with Gasteiger partial charge in [-0.05, 0) is 60.3 Å². The van der Waals surface area contributed by atoms with Gasteiger partial charge in [0.05, 0.1) is 18.4 Å². The second kappa shape index (κ2) is 11.8. The van der Waals surface area contributed by atoms with E-state index < -0.39 is 0 Å². The number of amides is 1. The third-order valence-corrected chi connectivity index (χ3v) is 7.78. The van der Waals surface area contributed by atoms with Gasteiger partial charge in [-0.2, -0.15) is 0 Å². The minimum atomic E-state index is -0.375. The van der Waals surface area contributed by atoms with Gasteiger partial charge in [0.25, 0.3) is 0 Å². The highest BCUT2D eigenvalue weighted by atomic mass is 16.5. The largest absolute Gasteiger partial charge is 0.491 e. The maximum Gasteiger partial charge on any atom is 0.306 e. The molecule has 1 amide bonds. The number of nitrogens with two attached hydrogens (primary N) is 1. The molecule has 5 atom stereocenters. The van der Waals surface area contributed by atoms with E-state index in [1.165, 1.54) is 6.42 Å². The number of benzene rings is 2. The summed E-state index contributed by atoms with van der Waals surface area (Å²) in [5, 5.41) is 10.5. The first kappa shape index (κ1) is 26.7. The molecule has 2 aliphatic rings. The van der Waals surface area contributed by atoms with Crippen molar-refractivity contribution in [3.63, 3.8) is 0 Å². The Kier molecular flexibility index (Phi) is 8.52. The van der Waals surface area contributed by atoms with Crippen LogP contribution in [-0.2, 0) is 14.3 Å². The van der Waals surface area contributed by atoms with Crippen molar-refractivity contribution >= 4 is 17.7 Å². The highest BCUT2D eigenvalue weighted by Gasteiger charge is 2.37. The van der Waals surface area contributed by atoms with Crippen LogP contribution in [-0.4, -0.2) is 36.5 Å². The van der Waals surface area contributed by atoms with E-state index in [-0.39, 0.29) is 42.2 Å². The third-order valence-electron chi connectivity index (χ3n) is 7.78. The van der Waals surface area contributed by atoms with Gasteiger partial charge >= 0.3 is 5.97 Å². The van der Waals surface area contributed by atoms with Crippen molar-refractivity contribution in [2.75, 3.05) is 6.61 Å². The standard InChI is InChI=1S/C30H39N3O4/c1-18(2)26-13-4-19(3)14-27(26)37-28(34)16-23-15-24(33-30(23)35)17-36-25-11-9-21(10-12-25)20-5-7-22(8-6-20)29(31)32/h5-12,18-19,23-24,26-27H,4,13-17H2,1-3H3,(H3,31,32)(H,33,35)/t19?,23-,24-,26?,27?/m0/s1. The first-order valence-electron chi connectivity index (χ1n) is 13.4. The number of carbonyl (C=O) groups excluding carboxylic acids is 2. The molecule has 1 saturated heterocycles. The van der Waals surface area contributed by atoms with E-state index in [0.29, 0.717) is 42.1 Å². The average molecular weight is 506 g/mol. The molecule has 1 saturated carbocycles. The molecule has 4 N–H and O–H groups in total. The fourth-order valence-electron chi connectivity index (χ4n) is 5.57. The zero-order valence-corrected chi connectivity index (χ0v) is 22.0. The minimum absolute atomic E-state index is 0.0464. The summed E-state index contributed by atoms with van der Waals surface area (Å²) >= 11 is 0. The third kappa shape index (κ3) is 6.90. The first-order chi connectivity index (χ1) is 17.7. The fourth-order valence-corrected chi connectivity index (χ4v) is 5.57. The summed E-state index contributed by atoms with van der Waals surface area (Å²) in [5.41, 5.74) is 8.27. The van der Waals surface area contributed by atoms with E-state index in [0.717, 1.165) is 24.0 Å². The smallest absolute Gasteiger partial charge is 0.306 e. The molecule has 1 heterocycles. The van der Waals surface area contributed by atoms with Crippen molar-refractivity contribution in [1.82, 2.24) is 5.32 Å². The van der Waals surface area contributed by atoms with Gasteiger partial charge in [0.2, 0.25) is 5.91 Å². The number of carbonyl (C=O) groups is 2. The zero-order chi connectivity index (χ0) is 26.5. The summed E-state index contributed by atoms with van der Waals surface area (Å²) in [6.07, 6.45) is 3.81. The lowest BCUT2D eigenvalue weighted by molar-refractivity contribution is -0.158. The van der Waals surface area contributed by atoms with E-state index in [2.05, 4.69) is 26.1 Å². The van der Waals surface area contributed by atoms with E-state index in [9.17, 15) is 9.59 Å². The number of ether oxygens (including phenoxy) is 2. The van der Waals surface area contributed by atoms with Crippen molar-refractivity contribution in [3.05, 3.63) is 54.1 Å². The van der Waals surface area contributed by atoms with Crippen LogP contribution in [0.15, 0.2) is 48.5 Å². The quantitative estimate of drug-likeness (QED) is 0.254. The van der Waals surface area contributed by atoms with Gasteiger partial charge in [-0.15, -0.1) is 0 Å². The van der Waals surface area contributed by atoms with Gasteiger partial charge in [-0.1, -0.05) is 63.6 Å². The maximum atomic E-state index is 12.7. The van der Waals surface area contributed by atoms with E-state index >= 15 is 0 Å². The van der Waals surface area contributed by atoms with Crippen LogP contribution in [0.4, 0.5) is 0 Å². The summed E-state index contributed by atoms with van der Waals surface area (Å²) < 4.78 is 11.8. The molecule has 2 aromatic carbocycles. The Hall–Kier alpha value is -3.35. The molecule has 0 spiro atoms. The second-order valence-corrected chi connectivity index (χ2v) is 11.0. The van der Waals surface area contributed by atoms with Crippen LogP contribution in [0.1, 0.15) is 58.4 Å². The van der Waals surface area contributed by atoms with Crippen molar-refractivity contribution in [1.29, 1.82) is 5.41 Å². The molecule has 7 nitrogen and oxygen atoms in total. The Morgan fingerprint density at radius 2 is 1.70 bits per heavy atom. The van der Waals surface area contributed by atoms with Crippen LogP contribution in [0.5, 0.6) is 5.75 Å². The molecule has 1 aliphatic carbocycles. The molecule has 0 radical (unpaired) electrons. The average Bonchev–Trinajstić information content (AvgIpc) is 3.21. The fraction of sp³-hybridized carbons (Fsp3) is 0.500. The Balaban J connectivity index is 1.25. The van der Waals surface area contributed by atoms with Crippen molar-refractivity contribution < 1.29 is 19.1 Å². The molecule has 2 aromatic rings. The van der Waals surface area contributed by atoms with Gasteiger partial charge < -0.3 is 20.5 Å². The Labute approximate surface area is 219 Å². The Bertz CT molecular complexity index is 1100. The van der Waals surface area contributed by atoms with Crippen molar-refractivity contribution in [2.45, 2.75) is 65.0 Å². The molecule has 2 fully saturated rings. The molecule has 0 aromatic heterocycles. The number of hydrogen-bond donors (Lipinski definition) is 3. The van der Waals surface area contributed by atoms with Gasteiger partial charge in [-0.25, -0.2) is 0 Å². The number of esters is 1. The predicted octanol–water partition coefficient (Wildman–Crippen LogP) is 4.92. The number of rotatable bonds is 9. The van der Waals surface area contributed by atoms with Gasteiger partial charge in [-0.3, -0.25) is 15.0 Å². The highest BCUT2D eigenvalue weighted by Crippen LogP contribution is 2.36. The predicted molar refractivity (Wildman–Crippen MR) is 144 cm³/mol. The minimum Gasteiger partial charge on any atom is -0.491 e. The van der Waals surface area contributed by atoms with Crippen molar-refractivity contribution in [2.24, 2.45) is 29.4 Å². The summed E-state index contributed by atoms with van der Waals surface area (Å²) in [4.78, 5) is 25.2. The lowest BCUT2D eigenvalue weighted by atomic mass is 9.75. The first-order valence-corrected chi connectivity index (χ1v) is 13.4. The van der Waals surface area contributed by atoms with Gasteiger partial charge in [0.15, 0.2) is 0 Å². The SMILES string of the molecule is CC1CCC(C(C)C)C(OC(=O)C[C@@H]2C[C@@H](COc3ccc(-c4ccc(C(=N)N)cc4)cc3)NC2=O)C1. The van der Waals surface area contributed by atoms with Crippen LogP contribution in [0.2, 0.25) is 0 Å². The maximum absolute atomic E-state index is 12.7. The van der Waals surface area contributed by atoms with Gasteiger partial charge in [0, 0.05) is 5.56 Å². The van der Waals surface area contributed by atoms with E-state index in [4.69, 9.17) is 20.6 Å². The number of hydrogen-bond acceptors (Lipinski definition) is 5. The Morgan fingerprint density at radius 1 is 1.05 bits per heavy atom. The second-order valence-electron chi connectivity index (χ2n) is 11.0. The van der Waals surface area contributed by atoms with Crippen LogP contribution in [0.25, 0.3) is 11.1 Å². The topological polar surface area (TPSA) is 114 Å². The molecule has 3 unspecified atom stereocenters. The van der Waals surface area contributed by atoms with Crippen LogP contribution < -0.4 is 15.8 Å². The van der Waals surface area contributed by atoms with Crippen molar-refractivity contribution in [3.8, 4) is 16.9 Å². The van der Waals surface area contributed by atoms with Gasteiger partial charge in [0.1, 0.15) is 24.3 Å². The molecule has 0 bridgehead atoms. The molecule has 4 rings (SSSR count). The molecule has 37 heavy (non-hydrogen) atoms. The lowest BCUT2D eigenvalue weighted by Crippen LogP contribution is -2.36. The van der Waals surface area contributed by atoms with Crippen LogP contribution in [0, 0.1) is 29.1 Å². The molecular formula is C30H39N3O4.